The Kier molecular flexibility index (Phi) is 4.83. The van der Waals surface area contributed by atoms with Crippen molar-refractivity contribution in [3.63, 3.8) is 0 Å². The largest absolute Gasteiger partial charge is 0.493 e. The standard InChI is InChI=1S/C16H26N2O/c1-16(2,17)8-10-18-9-7-13-5-6-15-14(12-13)4-3-11-19-15/h5-6,12,18H,3-4,7-11,17H2,1-2H3. The molecule has 106 valence electrons. The van der Waals surface area contributed by atoms with Crippen molar-refractivity contribution in [3.05, 3.63) is 29.3 Å². The first-order valence-electron chi connectivity index (χ1n) is 7.29. The summed E-state index contributed by atoms with van der Waals surface area (Å²) in [6.45, 7) is 6.99. The predicted molar refractivity (Wildman–Crippen MR) is 79.7 cm³/mol. The van der Waals surface area contributed by atoms with Crippen LogP contribution >= 0.6 is 0 Å². The minimum atomic E-state index is -0.0733. The number of hydrogen-bond donors (Lipinski definition) is 2. The lowest BCUT2D eigenvalue weighted by atomic mass is 10.0. The van der Waals surface area contributed by atoms with Crippen LogP contribution in [-0.4, -0.2) is 25.2 Å². The van der Waals surface area contributed by atoms with Gasteiger partial charge in [-0.3, -0.25) is 0 Å². The highest BCUT2D eigenvalue weighted by Gasteiger charge is 2.11. The lowest BCUT2D eigenvalue weighted by molar-refractivity contribution is 0.288. The van der Waals surface area contributed by atoms with E-state index in [9.17, 15) is 0 Å². The molecule has 0 saturated heterocycles. The third kappa shape index (κ3) is 4.84. The van der Waals surface area contributed by atoms with Crippen LogP contribution in [0.25, 0.3) is 0 Å². The Morgan fingerprint density at radius 1 is 1.32 bits per heavy atom. The fourth-order valence-electron chi connectivity index (χ4n) is 2.34. The van der Waals surface area contributed by atoms with Crippen molar-refractivity contribution < 1.29 is 4.74 Å². The molecule has 0 bridgehead atoms. The second-order valence-corrected chi connectivity index (χ2v) is 6.13. The summed E-state index contributed by atoms with van der Waals surface area (Å²) in [4.78, 5) is 0. The van der Waals surface area contributed by atoms with Crippen molar-refractivity contribution in [2.24, 2.45) is 5.73 Å². The summed E-state index contributed by atoms with van der Waals surface area (Å²) in [6, 6.07) is 6.59. The SMILES string of the molecule is CC(C)(N)CCNCCc1ccc2c(c1)CCCO2. The summed E-state index contributed by atoms with van der Waals surface area (Å²) < 4.78 is 5.63. The van der Waals surface area contributed by atoms with Gasteiger partial charge in [0.1, 0.15) is 5.75 Å². The minimum Gasteiger partial charge on any atom is -0.493 e. The van der Waals surface area contributed by atoms with Crippen LogP contribution in [0.1, 0.15) is 37.8 Å². The van der Waals surface area contributed by atoms with E-state index in [2.05, 4.69) is 37.4 Å². The average molecular weight is 262 g/mol. The monoisotopic (exact) mass is 262 g/mol. The molecule has 0 unspecified atom stereocenters. The van der Waals surface area contributed by atoms with Crippen molar-refractivity contribution in [2.75, 3.05) is 19.7 Å². The Hall–Kier alpha value is -1.06. The van der Waals surface area contributed by atoms with Crippen molar-refractivity contribution in [1.82, 2.24) is 5.32 Å². The molecular weight excluding hydrogens is 236 g/mol. The number of hydrogen-bond acceptors (Lipinski definition) is 3. The lowest BCUT2D eigenvalue weighted by Gasteiger charge is -2.19. The second kappa shape index (κ2) is 6.40. The summed E-state index contributed by atoms with van der Waals surface area (Å²) in [5, 5.41) is 3.46. The highest BCUT2D eigenvalue weighted by molar-refractivity contribution is 5.38. The predicted octanol–water partition coefficient (Wildman–Crippen LogP) is 2.27. The van der Waals surface area contributed by atoms with Gasteiger partial charge in [0.2, 0.25) is 0 Å². The molecule has 0 amide bonds. The van der Waals surface area contributed by atoms with Crippen molar-refractivity contribution >= 4 is 0 Å². The van der Waals surface area contributed by atoms with Crippen LogP contribution in [0.5, 0.6) is 5.75 Å². The van der Waals surface area contributed by atoms with Crippen molar-refractivity contribution in [2.45, 2.75) is 45.1 Å². The molecule has 3 nitrogen and oxygen atoms in total. The molecule has 1 heterocycles. The number of rotatable bonds is 6. The number of ether oxygens (including phenoxy) is 1. The molecule has 0 radical (unpaired) electrons. The third-order valence-corrected chi connectivity index (χ3v) is 3.51. The van der Waals surface area contributed by atoms with Gasteiger partial charge >= 0.3 is 0 Å². The smallest absolute Gasteiger partial charge is 0.122 e. The number of nitrogens with two attached hydrogens (primary N) is 1. The Labute approximate surface area is 116 Å². The zero-order chi connectivity index (χ0) is 13.7. The lowest BCUT2D eigenvalue weighted by Crippen LogP contribution is -2.36. The van der Waals surface area contributed by atoms with E-state index in [4.69, 9.17) is 10.5 Å². The molecule has 1 aromatic carbocycles. The molecule has 19 heavy (non-hydrogen) atoms. The molecule has 0 atom stereocenters. The molecule has 1 aromatic rings. The van der Waals surface area contributed by atoms with Crippen molar-refractivity contribution in [3.8, 4) is 5.75 Å². The Morgan fingerprint density at radius 2 is 2.16 bits per heavy atom. The van der Waals surface area contributed by atoms with Gasteiger partial charge in [0.15, 0.2) is 0 Å². The van der Waals surface area contributed by atoms with Gasteiger partial charge in [0.05, 0.1) is 6.61 Å². The minimum absolute atomic E-state index is 0.0733. The quantitative estimate of drug-likeness (QED) is 0.773. The van der Waals surface area contributed by atoms with E-state index in [0.717, 1.165) is 51.1 Å². The van der Waals surface area contributed by atoms with E-state index in [-0.39, 0.29) is 5.54 Å². The summed E-state index contributed by atoms with van der Waals surface area (Å²) in [7, 11) is 0. The molecule has 1 aliphatic rings. The molecule has 2 rings (SSSR count). The van der Waals surface area contributed by atoms with Crippen LogP contribution in [0.3, 0.4) is 0 Å². The summed E-state index contributed by atoms with van der Waals surface area (Å²) >= 11 is 0. The van der Waals surface area contributed by atoms with Crippen LogP contribution in [0, 0.1) is 0 Å². The first-order chi connectivity index (χ1) is 9.04. The van der Waals surface area contributed by atoms with Crippen LogP contribution in [0.4, 0.5) is 0 Å². The highest BCUT2D eigenvalue weighted by Crippen LogP contribution is 2.25. The van der Waals surface area contributed by atoms with Gasteiger partial charge in [-0.25, -0.2) is 0 Å². The Balaban J connectivity index is 1.74. The molecule has 3 N–H and O–H groups in total. The molecule has 1 aliphatic heterocycles. The molecular formula is C16H26N2O. The Bertz CT molecular complexity index is 410. The van der Waals surface area contributed by atoms with Gasteiger partial charge in [-0.15, -0.1) is 0 Å². The van der Waals surface area contributed by atoms with E-state index in [1.807, 2.05) is 0 Å². The van der Waals surface area contributed by atoms with E-state index >= 15 is 0 Å². The van der Waals surface area contributed by atoms with Gasteiger partial charge in [0, 0.05) is 5.54 Å². The van der Waals surface area contributed by atoms with Gasteiger partial charge in [-0.2, -0.15) is 0 Å². The normalized spacial score (nSPS) is 14.9. The van der Waals surface area contributed by atoms with Gasteiger partial charge in [-0.05, 0) is 69.8 Å². The van der Waals surface area contributed by atoms with Gasteiger partial charge < -0.3 is 15.8 Å². The summed E-state index contributed by atoms with van der Waals surface area (Å²) in [5.74, 6) is 1.08. The summed E-state index contributed by atoms with van der Waals surface area (Å²) in [5.41, 5.74) is 8.64. The fraction of sp³-hybridized carbons (Fsp3) is 0.625. The van der Waals surface area contributed by atoms with Crippen molar-refractivity contribution in [1.29, 1.82) is 0 Å². The molecule has 0 fully saturated rings. The number of fused-ring (bicyclic) bond motifs is 1. The van der Waals surface area contributed by atoms with E-state index in [1.165, 1.54) is 11.1 Å². The number of benzene rings is 1. The Morgan fingerprint density at radius 3 is 2.95 bits per heavy atom. The zero-order valence-electron chi connectivity index (χ0n) is 12.2. The van der Waals surface area contributed by atoms with Crippen LogP contribution in [-0.2, 0) is 12.8 Å². The van der Waals surface area contributed by atoms with Crippen LogP contribution < -0.4 is 15.8 Å². The highest BCUT2D eigenvalue weighted by atomic mass is 16.5. The van der Waals surface area contributed by atoms with E-state index in [0.29, 0.717) is 0 Å². The first kappa shape index (κ1) is 14.4. The summed E-state index contributed by atoms with van der Waals surface area (Å²) in [6.07, 6.45) is 4.36. The van der Waals surface area contributed by atoms with Crippen LogP contribution in [0.2, 0.25) is 0 Å². The maximum Gasteiger partial charge on any atom is 0.122 e. The maximum absolute atomic E-state index is 5.95. The van der Waals surface area contributed by atoms with Gasteiger partial charge in [-0.1, -0.05) is 12.1 Å². The average Bonchev–Trinajstić information content (AvgIpc) is 2.37. The number of nitrogens with one attached hydrogen (secondary N) is 1. The first-order valence-corrected chi connectivity index (χ1v) is 7.29. The third-order valence-electron chi connectivity index (χ3n) is 3.51. The molecule has 3 heteroatoms. The van der Waals surface area contributed by atoms with E-state index in [1.54, 1.807) is 0 Å². The van der Waals surface area contributed by atoms with Crippen LogP contribution in [0.15, 0.2) is 18.2 Å². The second-order valence-electron chi connectivity index (χ2n) is 6.13. The topological polar surface area (TPSA) is 47.3 Å². The maximum atomic E-state index is 5.95. The molecule has 0 aromatic heterocycles. The number of aryl methyl sites for hydroxylation is 1. The molecule has 0 aliphatic carbocycles. The van der Waals surface area contributed by atoms with Gasteiger partial charge in [0.25, 0.3) is 0 Å². The molecule has 0 saturated carbocycles. The molecule has 0 spiro atoms. The zero-order valence-corrected chi connectivity index (χ0v) is 12.2. The fourth-order valence-corrected chi connectivity index (χ4v) is 2.34. The van der Waals surface area contributed by atoms with E-state index < -0.39 is 0 Å².